The van der Waals surface area contributed by atoms with Crippen LogP contribution in [-0.2, 0) is 10.0 Å². The van der Waals surface area contributed by atoms with Crippen LogP contribution in [-0.4, -0.2) is 34.3 Å². The van der Waals surface area contributed by atoms with E-state index in [4.69, 9.17) is 11.6 Å². The third kappa shape index (κ3) is 11.9. The summed E-state index contributed by atoms with van der Waals surface area (Å²) in [6.45, 7) is 5.22. The van der Waals surface area contributed by atoms with Gasteiger partial charge in [0.25, 0.3) is 0 Å². The number of hydrogen-bond acceptors (Lipinski definition) is 3. The minimum absolute atomic E-state index is 0.445. The molecular weight excluding hydrogens is 212 g/mol. The number of sulfonamides is 1. The van der Waals surface area contributed by atoms with Crippen molar-refractivity contribution < 1.29 is 8.42 Å². The minimum atomic E-state index is -3.05. The Hall–Kier alpha value is -0.100. The van der Waals surface area contributed by atoms with Crippen LogP contribution < -0.4 is 10.0 Å². The van der Waals surface area contributed by atoms with E-state index in [1.54, 1.807) is 0 Å². The van der Waals surface area contributed by atoms with Gasteiger partial charge in [-0.2, -0.15) is 0 Å². The quantitative estimate of drug-likeness (QED) is 0.613. The Kier molecular flexibility index (Phi) is 6.32. The molecule has 0 saturated heterocycles. The smallest absolute Gasteiger partial charge is 0.208 e. The molecular formula is C7H15ClN2O2S. The SMILES string of the molecule is C=C(Cl)CNCCCNS(C)(=O)=O. The molecule has 0 saturated carbocycles. The summed E-state index contributed by atoms with van der Waals surface area (Å²) in [5.41, 5.74) is 0. The van der Waals surface area contributed by atoms with Crippen LogP contribution in [0, 0.1) is 0 Å². The Morgan fingerprint density at radius 1 is 1.46 bits per heavy atom. The van der Waals surface area contributed by atoms with Crippen molar-refractivity contribution in [3.8, 4) is 0 Å². The summed E-state index contributed by atoms with van der Waals surface area (Å²) in [5.74, 6) is 0. The Morgan fingerprint density at radius 3 is 2.54 bits per heavy atom. The molecule has 0 atom stereocenters. The summed E-state index contributed by atoms with van der Waals surface area (Å²) in [5, 5.41) is 3.56. The second-order valence-corrected chi connectivity index (χ2v) is 5.08. The van der Waals surface area contributed by atoms with E-state index < -0.39 is 10.0 Å². The van der Waals surface area contributed by atoms with Crippen LogP contribution in [0.15, 0.2) is 11.6 Å². The molecule has 2 N–H and O–H groups in total. The van der Waals surface area contributed by atoms with E-state index in [0.29, 0.717) is 24.7 Å². The van der Waals surface area contributed by atoms with Gasteiger partial charge in [-0.15, -0.1) is 0 Å². The molecule has 0 aromatic heterocycles. The molecule has 0 rings (SSSR count). The molecule has 0 unspecified atom stereocenters. The molecule has 0 fully saturated rings. The second kappa shape index (κ2) is 6.37. The van der Waals surface area contributed by atoms with Gasteiger partial charge in [0.15, 0.2) is 0 Å². The molecule has 13 heavy (non-hydrogen) atoms. The first-order valence-electron chi connectivity index (χ1n) is 3.90. The number of rotatable bonds is 7. The maximum atomic E-state index is 10.6. The van der Waals surface area contributed by atoms with Crippen molar-refractivity contribution in [2.24, 2.45) is 0 Å². The third-order valence-corrected chi connectivity index (χ3v) is 2.07. The normalized spacial score (nSPS) is 11.5. The highest BCUT2D eigenvalue weighted by Gasteiger charge is 1.97. The molecule has 0 aliphatic carbocycles. The molecule has 0 aliphatic heterocycles. The van der Waals surface area contributed by atoms with Gasteiger partial charge in [0, 0.05) is 18.1 Å². The van der Waals surface area contributed by atoms with Gasteiger partial charge >= 0.3 is 0 Å². The number of halogens is 1. The van der Waals surface area contributed by atoms with Gasteiger partial charge in [0.1, 0.15) is 0 Å². The molecule has 0 aromatic rings. The van der Waals surface area contributed by atoms with Crippen molar-refractivity contribution in [1.82, 2.24) is 10.0 Å². The Morgan fingerprint density at radius 2 is 2.08 bits per heavy atom. The molecule has 0 bridgehead atoms. The Labute approximate surface area is 84.4 Å². The summed E-state index contributed by atoms with van der Waals surface area (Å²) in [6, 6.07) is 0. The van der Waals surface area contributed by atoms with E-state index >= 15 is 0 Å². The summed E-state index contributed by atoms with van der Waals surface area (Å²) in [4.78, 5) is 0. The lowest BCUT2D eigenvalue weighted by atomic mass is 10.4. The zero-order chi connectivity index (χ0) is 10.3. The average Bonchev–Trinajstić information content (AvgIpc) is 1.93. The van der Waals surface area contributed by atoms with E-state index in [2.05, 4.69) is 16.6 Å². The van der Waals surface area contributed by atoms with Crippen LogP contribution in [0.1, 0.15) is 6.42 Å². The molecule has 0 aliphatic rings. The van der Waals surface area contributed by atoms with Gasteiger partial charge in [-0.05, 0) is 13.0 Å². The molecule has 78 valence electrons. The Bertz CT molecular complexity index is 251. The van der Waals surface area contributed by atoms with Gasteiger partial charge < -0.3 is 5.32 Å². The Balaban J connectivity index is 3.23. The van der Waals surface area contributed by atoms with Crippen LogP contribution in [0.25, 0.3) is 0 Å². The number of nitrogens with one attached hydrogen (secondary N) is 2. The topological polar surface area (TPSA) is 58.2 Å². The molecule has 0 radical (unpaired) electrons. The van der Waals surface area contributed by atoms with E-state index in [1.807, 2.05) is 0 Å². The predicted octanol–water partition coefficient (Wildman–Crippen LogP) is 0.268. The van der Waals surface area contributed by atoms with Crippen molar-refractivity contribution in [2.75, 3.05) is 25.9 Å². The van der Waals surface area contributed by atoms with Crippen molar-refractivity contribution >= 4 is 21.6 Å². The van der Waals surface area contributed by atoms with Gasteiger partial charge in [-0.25, -0.2) is 13.1 Å². The lowest BCUT2D eigenvalue weighted by Crippen LogP contribution is -2.26. The minimum Gasteiger partial charge on any atom is -0.312 e. The fraction of sp³-hybridized carbons (Fsp3) is 0.714. The first-order valence-corrected chi connectivity index (χ1v) is 6.17. The van der Waals surface area contributed by atoms with Crippen LogP contribution in [0.3, 0.4) is 0 Å². The average molecular weight is 227 g/mol. The summed E-state index contributed by atoms with van der Waals surface area (Å²) in [7, 11) is -3.05. The highest BCUT2D eigenvalue weighted by Crippen LogP contribution is 1.91. The largest absolute Gasteiger partial charge is 0.312 e. The van der Waals surface area contributed by atoms with Crippen LogP contribution in [0.2, 0.25) is 0 Å². The maximum absolute atomic E-state index is 10.6. The highest BCUT2D eigenvalue weighted by atomic mass is 35.5. The van der Waals surface area contributed by atoms with Crippen molar-refractivity contribution in [2.45, 2.75) is 6.42 Å². The molecule has 4 nitrogen and oxygen atoms in total. The number of hydrogen-bond donors (Lipinski definition) is 2. The lowest BCUT2D eigenvalue weighted by Gasteiger charge is -2.03. The lowest BCUT2D eigenvalue weighted by molar-refractivity contribution is 0.582. The molecule has 0 amide bonds. The van der Waals surface area contributed by atoms with Gasteiger partial charge in [0.2, 0.25) is 10.0 Å². The fourth-order valence-electron chi connectivity index (χ4n) is 0.695. The standard InChI is InChI=1S/C7H15ClN2O2S/c1-7(8)6-9-4-3-5-10-13(2,11)12/h9-10H,1,3-6H2,2H3. The van der Waals surface area contributed by atoms with Gasteiger partial charge in [-0.1, -0.05) is 18.2 Å². The second-order valence-electron chi connectivity index (χ2n) is 2.71. The zero-order valence-electron chi connectivity index (χ0n) is 7.64. The third-order valence-electron chi connectivity index (χ3n) is 1.21. The first kappa shape index (κ1) is 12.9. The molecule has 6 heteroatoms. The monoisotopic (exact) mass is 226 g/mol. The van der Waals surface area contributed by atoms with Gasteiger partial charge in [-0.3, -0.25) is 0 Å². The molecule has 0 spiro atoms. The summed E-state index contributed by atoms with van der Waals surface area (Å²) in [6.07, 6.45) is 1.87. The zero-order valence-corrected chi connectivity index (χ0v) is 9.21. The van der Waals surface area contributed by atoms with E-state index in [-0.39, 0.29) is 0 Å². The van der Waals surface area contributed by atoms with E-state index in [0.717, 1.165) is 12.7 Å². The van der Waals surface area contributed by atoms with Crippen LogP contribution in [0.4, 0.5) is 0 Å². The van der Waals surface area contributed by atoms with Crippen molar-refractivity contribution in [3.05, 3.63) is 11.6 Å². The summed E-state index contributed by atoms with van der Waals surface area (Å²) < 4.78 is 23.6. The van der Waals surface area contributed by atoms with Crippen LogP contribution in [0.5, 0.6) is 0 Å². The van der Waals surface area contributed by atoms with Crippen molar-refractivity contribution in [1.29, 1.82) is 0 Å². The van der Waals surface area contributed by atoms with Crippen LogP contribution >= 0.6 is 11.6 Å². The highest BCUT2D eigenvalue weighted by molar-refractivity contribution is 7.88. The summed E-state index contributed by atoms with van der Waals surface area (Å²) >= 11 is 5.49. The fourth-order valence-corrected chi connectivity index (χ4v) is 1.30. The van der Waals surface area contributed by atoms with E-state index in [9.17, 15) is 8.42 Å². The maximum Gasteiger partial charge on any atom is 0.208 e. The predicted molar refractivity (Wildman–Crippen MR) is 55.3 cm³/mol. The van der Waals surface area contributed by atoms with Crippen molar-refractivity contribution in [3.63, 3.8) is 0 Å². The molecule has 0 aromatic carbocycles. The van der Waals surface area contributed by atoms with E-state index in [1.165, 1.54) is 0 Å². The molecule has 0 heterocycles. The first-order chi connectivity index (χ1) is 5.92. The van der Waals surface area contributed by atoms with Gasteiger partial charge in [0.05, 0.1) is 6.26 Å².